The van der Waals surface area contributed by atoms with Gasteiger partial charge in [-0.05, 0) is 43.5 Å². The summed E-state index contributed by atoms with van der Waals surface area (Å²) in [5.74, 6) is -2.80. The summed E-state index contributed by atoms with van der Waals surface area (Å²) in [6, 6.07) is 12.9. The van der Waals surface area contributed by atoms with E-state index >= 15 is 0 Å². The molecule has 0 saturated heterocycles. The van der Waals surface area contributed by atoms with Gasteiger partial charge in [-0.3, -0.25) is 9.59 Å². The molecule has 4 nitrogen and oxygen atoms in total. The molecule has 132 valence electrons. The molecule has 0 heterocycles. The lowest BCUT2D eigenvalue weighted by Gasteiger charge is -2.20. The molecule has 0 aliphatic heterocycles. The van der Waals surface area contributed by atoms with Gasteiger partial charge in [-0.2, -0.15) is 0 Å². The Balaban J connectivity index is 2.14. The molecule has 2 N–H and O–H groups in total. The minimum Gasteiger partial charge on any atom is -0.481 e. The van der Waals surface area contributed by atoms with Gasteiger partial charge < -0.3 is 10.4 Å². The van der Waals surface area contributed by atoms with Crippen molar-refractivity contribution in [1.29, 1.82) is 0 Å². The van der Waals surface area contributed by atoms with Crippen molar-refractivity contribution in [3.05, 3.63) is 64.2 Å². The van der Waals surface area contributed by atoms with Crippen LogP contribution in [0.4, 0.5) is 5.69 Å². The largest absolute Gasteiger partial charge is 0.481 e. The molecule has 0 aliphatic rings. The maximum Gasteiger partial charge on any atom is 0.307 e. The van der Waals surface area contributed by atoms with E-state index in [0.29, 0.717) is 17.1 Å². The molecule has 0 aliphatic carbocycles. The van der Waals surface area contributed by atoms with Gasteiger partial charge in [0.05, 0.1) is 5.92 Å². The third-order valence-corrected chi connectivity index (χ3v) is 4.85. The van der Waals surface area contributed by atoms with Crippen LogP contribution in [0.2, 0.25) is 5.02 Å². The predicted octanol–water partition coefficient (Wildman–Crippen LogP) is 4.47. The zero-order valence-corrected chi connectivity index (χ0v) is 15.3. The van der Waals surface area contributed by atoms with Gasteiger partial charge in [-0.25, -0.2) is 0 Å². The first-order valence-electron chi connectivity index (χ1n) is 8.14. The number of carboxylic acids is 1. The number of carbonyl (C=O) groups excluding carboxylic acids is 1. The van der Waals surface area contributed by atoms with E-state index in [0.717, 1.165) is 16.7 Å². The zero-order valence-electron chi connectivity index (χ0n) is 14.5. The molecule has 0 radical (unpaired) electrons. The molecule has 0 aromatic heterocycles. The molecule has 25 heavy (non-hydrogen) atoms. The molecule has 1 amide bonds. The summed E-state index contributed by atoms with van der Waals surface area (Å²) in [5.41, 5.74) is 3.37. The number of carboxylic acid groups (broad SMARTS) is 1. The molecule has 2 rings (SSSR count). The first kappa shape index (κ1) is 19.0. The van der Waals surface area contributed by atoms with Gasteiger partial charge >= 0.3 is 5.97 Å². The Bertz CT molecular complexity index is 771. The second-order valence-corrected chi connectivity index (χ2v) is 6.73. The van der Waals surface area contributed by atoms with Crippen LogP contribution in [-0.2, 0) is 16.0 Å². The van der Waals surface area contributed by atoms with Gasteiger partial charge in [0.2, 0.25) is 5.91 Å². The average molecular weight is 360 g/mol. The van der Waals surface area contributed by atoms with Crippen LogP contribution >= 0.6 is 11.6 Å². The highest BCUT2D eigenvalue weighted by molar-refractivity contribution is 6.31. The van der Waals surface area contributed by atoms with Crippen LogP contribution in [0.15, 0.2) is 42.5 Å². The van der Waals surface area contributed by atoms with Gasteiger partial charge in [0, 0.05) is 16.6 Å². The standard InChI is InChI=1S/C20H22ClNO3/c1-12-7-9-15(10-8-12)11-16(20(24)25)13(2)19(23)22-18-6-4-5-17(21)14(18)3/h4-10,13,16H,11H2,1-3H3,(H,22,23)(H,24,25). The van der Waals surface area contributed by atoms with Gasteiger partial charge in [0.25, 0.3) is 0 Å². The van der Waals surface area contributed by atoms with Crippen molar-refractivity contribution < 1.29 is 14.7 Å². The van der Waals surface area contributed by atoms with E-state index in [1.807, 2.05) is 38.1 Å². The molecule has 2 unspecified atom stereocenters. The number of halogens is 1. The Morgan fingerprint density at radius 2 is 1.76 bits per heavy atom. The number of amides is 1. The lowest BCUT2D eigenvalue weighted by Crippen LogP contribution is -2.33. The molecule has 0 saturated carbocycles. The van der Waals surface area contributed by atoms with Gasteiger partial charge in [-0.15, -0.1) is 0 Å². The number of hydrogen-bond donors (Lipinski definition) is 2. The Hall–Kier alpha value is -2.33. The van der Waals surface area contributed by atoms with Gasteiger partial charge in [0.15, 0.2) is 0 Å². The van der Waals surface area contributed by atoms with E-state index in [1.165, 1.54) is 0 Å². The summed E-state index contributed by atoms with van der Waals surface area (Å²) >= 11 is 6.06. The summed E-state index contributed by atoms with van der Waals surface area (Å²) in [7, 11) is 0. The smallest absolute Gasteiger partial charge is 0.307 e. The monoisotopic (exact) mass is 359 g/mol. The number of nitrogens with one attached hydrogen (secondary N) is 1. The quantitative estimate of drug-likeness (QED) is 0.799. The minimum absolute atomic E-state index is 0.304. The number of aryl methyl sites for hydroxylation is 1. The highest BCUT2D eigenvalue weighted by atomic mass is 35.5. The molecule has 5 heteroatoms. The number of benzene rings is 2. The van der Waals surface area contributed by atoms with E-state index in [1.54, 1.807) is 25.1 Å². The van der Waals surface area contributed by atoms with Gasteiger partial charge in [-0.1, -0.05) is 54.4 Å². The molecule has 2 aromatic carbocycles. The second-order valence-electron chi connectivity index (χ2n) is 6.32. The Morgan fingerprint density at radius 1 is 1.12 bits per heavy atom. The summed E-state index contributed by atoms with van der Waals surface area (Å²) in [4.78, 5) is 24.2. The summed E-state index contributed by atoms with van der Waals surface area (Å²) in [6.45, 7) is 5.42. The first-order valence-corrected chi connectivity index (χ1v) is 8.51. The average Bonchev–Trinajstić information content (AvgIpc) is 2.57. The van der Waals surface area contributed by atoms with Crippen molar-refractivity contribution in [2.24, 2.45) is 11.8 Å². The molecule has 0 fully saturated rings. The molecular formula is C20H22ClNO3. The van der Waals surface area contributed by atoms with Crippen LogP contribution in [0.1, 0.15) is 23.6 Å². The number of anilines is 1. The number of hydrogen-bond acceptors (Lipinski definition) is 2. The predicted molar refractivity (Wildman–Crippen MR) is 100.0 cm³/mol. The fourth-order valence-electron chi connectivity index (χ4n) is 2.63. The van der Waals surface area contributed by atoms with Crippen molar-refractivity contribution in [3.63, 3.8) is 0 Å². The fourth-order valence-corrected chi connectivity index (χ4v) is 2.80. The van der Waals surface area contributed by atoms with E-state index in [9.17, 15) is 14.7 Å². The number of carbonyl (C=O) groups is 2. The van der Waals surface area contributed by atoms with E-state index in [2.05, 4.69) is 5.32 Å². The molecular weight excluding hydrogens is 338 g/mol. The van der Waals surface area contributed by atoms with Crippen molar-refractivity contribution in [3.8, 4) is 0 Å². The van der Waals surface area contributed by atoms with E-state index in [-0.39, 0.29) is 5.91 Å². The van der Waals surface area contributed by atoms with Crippen molar-refractivity contribution in [2.75, 3.05) is 5.32 Å². The molecule has 0 bridgehead atoms. The third kappa shape index (κ3) is 4.83. The normalized spacial score (nSPS) is 13.1. The second kappa shape index (κ2) is 8.17. The summed E-state index contributed by atoms with van der Waals surface area (Å²) in [6.07, 6.45) is 0.304. The van der Waals surface area contributed by atoms with Crippen molar-refractivity contribution in [2.45, 2.75) is 27.2 Å². The van der Waals surface area contributed by atoms with Crippen LogP contribution in [0.3, 0.4) is 0 Å². The van der Waals surface area contributed by atoms with Crippen molar-refractivity contribution >= 4 is 29.2 Å². The molecule has 2 atom stereocenters. The van der Waals surface area contributed by atoms with Crippen LogP contribution in [0.5, 0.6) is 0 Å². The SMILES string of the molecule is Cc1ccc(CC(C(=O)O)C(C)C(=O)Nc2cccc(Cl)c2C)cc1. The first-order chi connectivity index (χ1) is 11.8. The van der Waals surface area contributed by atoms with Crippen molar-refractivity contribution in [1.82, 2.24) is 0 Å². The van der Waals surface area contributed by atoms with Gasteiger partial charge in [0.1, 0.15) is 0 Å². The van der Waals surface area contributed by atoms with Crippen LogP contribution < -0.4 is 5.32 Å². The van der Waals surface area contributed by atoms with Crippen LogP contribution in [0.25, 0.3) is 0 Å². The highest BCUT2D eigenvalue weighted by Gasteiger charge is 2.30. The Labute approximate surface area is 152 Å². The molecule has 2 aromatic rings. The van der Waals surface area contributed by atoms with E-state index in [4.69, 9.17) is 11.6 Å². The topological polar surface area (TPSA) is 66.4 Å². The third-order valence-electron chi connectivity index (χ3n) is 4.44. The number of aliphatic carboxylic acids is 1. The maximum absolute atomic E-state index is 12.5. The fraction of sp³-hybridized carbons (Fsp3) is 0.300. The maximum atomic E-state index is 12.5. The van der Waals surface area contributed by atoms with Crippen LogP contribution in [0, 0.1) is 25.7 Å². The Morgan fingerprint density at radius 3 is 2.36 bits per heavy atom. The minimum atomic E-state index is -0.981. The zero-order chi connectivity index (χ0) is 18.6. The lowest BCUT2D eigenvalue weighted by atomic mass is 9.87. The Kier molecular flexibility index (Phi) is 6.21. The van der Waals surface area contributed by atoms with Crippen LogP contribution in [-0.4, -0.2) is 17.0 Å². The number of rotatable bonds is 6. The lowest BCUT2D eigenvalue weighted by molar-refractivity contribution is -0.145. The highest BCUT2D eigenvalue weighted by Crippen LogP contribution is 2.25. The van der Waals surface area contributed by atoms with E-state index < -0.39 is 17.8 Å². The summed E-state index contributed by atoms with van der Waals surface area (Å²) < 4.78 is 0. The summed E-state index contributed by atoms with van der Waals surface area (Å²) in [5, 5.41) is 12.9. The molecule has 0 spiro atoms.